The predicted molar refractivity (Wildman–Crippen MR) is 67.8 cm³/mol. The van der Waals surface area contributed by atoms with E-state index in [-0.39, 0.29) is 6.10 Å². The Hall–Kier alpha value is -1.97. The van der Waals surface area contributed by atoms with Crippen molar-refractivity contribution in [3.05, 3.63) is 29.3 Å². The van der Waals surface area contributed by atoms with Crippen molar-refractivity contribution in [1.29, 1.82) is 0 Å². The zero-order chi connectivity index (χ0) is 13.1. The fourth-order valence-electron chi connectivity index (χ4n) is 1.99. The second-order valence-corrected chi connectivity index (χ2v) is 4.19. The summed E-state index contributed by atoms with van der Waals surface area (Å²) in [5, 5.41) is 0. The normalized spacial score (nSPS) is 17.4. The summed E-state index contributed by atoms with van der Waals surface area (Å²) in [5.74, 6) is 1.19. The van der Waals surface area contributed by atoms with Crippen molar-refractivity contribution in [3.63, 3.8) is 0 Å². The van der Waals surface area contributed by atoms with Crippen LogP contribution in [-0.4, -0.2) is 26.3 Å². The minimum absolute atomic E-state index is 0.185. The van der Waals surface area contributed by atoms with Crippen molar-refractivity contribution in [3.8, 4) is 11.5 Å². The van der Waals surface area contributed by atoms with Crippen LogP contribution in [0.3, 0.4) is 0 Å². The second kappa shape index (κ2) is 5.12. The van der Waals surface area contributed by atoms with Crippen LogP contribution >= 0.6 is 0 Å². The van der Waals surface area contributed by atoms with Gasteiger partial charge in [0.05, 0.1) is 14.2 Å². The molecule has 0 saturated carbocycles. The molecule has 0 radical (unpaired) electrons. The number of methoxy groups -OCH3 is 2. The maximum Gasteiger partial charge on any atom is 0.330 e. The van der Waals surface area contributed by atoms with Gasteiger partial charge < -0.3 is 14.2 Å². The molecule has 1 aliphatic heterocycles. The lowest BCUT2D eigenvalue weighted by atomic mass is 10.1. The van der Waals surface area contributed by atoms with Crippen LogP contribution in [0.4, 0.5) is 0 Å². The number of fused-ring (bicyclic) bond motifs is 1. The highest BCUT2D eigenvalue weighted by Gasteiger charge is 2.21. The van der Waals surface area contributed by atoms with Gasteiger partial charge in [-0.05, 0) is 25.1 Å². The highest BCUT2D eigenvalue weighted by Crippen LogP contribution is 2.35. The molecule has 0 amide bonds. The van der Waals surface area contributed by atoms with E-state index in [9.17, 15) is 4.79 Å². The van der Waals surface area contributed by atoms with E-state index in [2.05, 4.69) is 4.74 Å². The molecule has 1 aliphatic rings. The van der Waals surface area contributed by atoms with Crippen molar-refractivity contribution in [2.24, 2.45) is 0 Å². The first-order chi connectivity index (χ1) is 8.63. The molecule has 18 heavy (non-hydrogen) atoms. The molecular formula is C14H16O4. The number of hydrogen-bond donors (Lipinski definition) is 0. The minimum atomic E-state index is -0.396. The van der Waals surface area contributed by atoms with Crippen molar-refractivity contribution >= 4 is 12.0 Å². The molecule has 0 fully saturated rings. The lowest BCUT2D eigenvalue weighted by molar-refractivity contribution is -0.134. The van der Waals surface area contributed by atoms with Gasteiger partial charge in [0, 0.05) is 23.6 Å². The SMILES string of the molecule is COC(=O)/C=C/c1cc2c(cc1OC)CC(C)O2. The Bertz CT molecular complexity index is 491. The molecule has 0 aromatic heterocycles. The lowest BCUT2D eigenvalue weighted by Gasteiger charge is -2.08. The summed E-state index contributed by atoms with van der Waals surface area (Å²) in [4.78, 5) is 11.1. The van der Waals surface area contributed by atoms with Gasteiger partial charge in [-0.25, -0.2) is 4.79 Å². The smallest absolute Gasteiger partial charge is 0.330 e. The molecule has 0 N–H and O–H groups in total. The van der Waals surface area contributed by atoms with E-state index in [1.807, 2.05) is 19.1 Å². The van der Waals surface area contributed by atoms with Gasteiger partial charge in [0.15, 0.2) is 0 Å². The van der Waals surface area contributed by atoms with Crippen LogP contribution in [-0.2, 0) is 16.0 Å². The Kier molecular flexibility index (Phi) is 3.55. The van der Waals surface area contributed by atoms with Crippen molar-refractivity contribution in [1.82, 2.24) is 0 Å². The molecule has 4 nitrogen and oxygen atoms in total. The summed E-state index contributed by atoms with van der Waals surface area (Å²) in [7, 11) is 2.95. The fraction of sp³-hybridized carbons (Fsp3) is 0.357. The first-order valence-corrected chi connectivity index (χ1v) is 5.77. The molecule has 96 valence electrons. The molecular weight excluding hydrogens is 232 g/mol. The summed E-state index contributed by atoms with van der Waals surface area (Å²) in [5.41, 5.74) is 1.94. The van der Waals surface area contributed by atoms with Gasteiger partial charge in [0.2, 0.25) is 0 Å². The number of benzene rings is 1. The maximum atomic E-state index is 11.1. The van der Waals surface area contributed by atoms with Crippen molar-refractivity contribution in [2.75, 3.05) is 14.2 Å². The van der Waals surface area contributed by atoms with Gasteiger partial charge in [-0.1, -0.05) is 0 Å². The number of esters is 1. The summed E-state index contributed by atoms with van der Waals surface area (Å²) in [6.45, 7) is 2.02. The van der Waals surface area contributed by atoms with Crippen LogP contribution in [0.25, 0.3) is 6.08 Å². The number of carbonyl (C=O) groups excluding carboxylic acids is 1. The molecule has 0 saturated heterocycles. The number of ether oxygens (including phenoxy) is 3. The zero-order valence-electron chi connectivity index (χ0n) is 10.7. The van der Waals surface area contributed by atoms with Gasteiger partial charge in [-0.15, -0.1) is 0 Å². The van der Waals surface area contributed by atoms with E-state index < -0.39 is 5.97 Å². The van der Waals surface area contributed by atoms with Crippen LogP contribution in [0.15, 0.2) is 18.2 Å². The zero-order valence-corrected chi connectivity index (χ0v) is 10.7. The molecule has 1 unspecified atom stereocenters. The van der Waals surface area contributed by atoms with E-state index in [0.29, 0.717) is 0 Å². The van der Waals surface area contributed by atoms with Crippen LogP contribution in [0.1, 0.15) is 18.1 Å². The Balaban J connectivity index is 2.33. The molecule has 0 aliphatic carbocycles. The average molecular weight is 248 g/mol. The van der Waals surface area contributed by atoms with Crippen molar-refractivity contribution < 1.29 is 19.0 Å². The van der Waals surface area contributed by atoms with Crippen LogP contribution in [0.5, 0.6) is 11.5 Å². The van der Waals surface area contributed by atoms with E-state index >= 15 is 0 Å². The molecule has 1 heterocycles. The Morgan fingerprint density at radius 2 is 2.22 bits per heavy atom. The van der Waals surface area contributed by atoms with Crippen LogP contribution < -0.4 is 9.47 Å². The minimum Gasteiger partial charge on any atom is -0.496 e. The lowest BCUT2D eigenvalue weighted by Crippen LogP contribution is -2.05. The summed E-state index contributed by atoms with van der Waals surface area (Å²) < 4.78 is 15.5. The van der Waals surface area contributed by atoms with Crippen molar-refractivity contribution in [2.45, 2.75) is 19.4 Å². The standard InChI is InChI=1S/C14H16O4/c1-9-6-11-8-12(16-2)10(7-13(11)18-9)4-5-14(15)17-3/h4-5,7-9H,6H2,1-3H3/b5-4+. The van der Waals surface area contributed by atoms with Gasteiger partial charge in [0.1, 0.15) is 17.6 Å². The van der Waals surface area contributed by atoms with Gasteiger partial charge in [0.25, 0.3) is 0 Å². The van der Waals surface area contributed by atoms with Gasteiger partial charge in [-0.3, -0.25) is 0 Å². The molecule has 1 aromatic rings. The maximum absolute atomic E-state index is 11.1. The Morgan fingerprint density at radius 1 is 1.44 bits per heavy atom. The number of hydrogen-bond acceptors (Lipinski definition) is 4. The molecule has 2 rings (SSSR count). The third-order valence-corrected chi connectivity index (χ3v) is 2.85. The third-order valence-electron chi connectivity index (χ3n) is 2.85. The first-order valence-electron chi connectivity index (χ1n) is 5.77. The van der Waals surface area contributed by atoms with E-state index in [0.717, 1.165) is 29.0 Å². The Labute approximate surface area is 106 Å². The Morgan fingerprint density at radius 3 is 2.89 bits per heavy atom. The summed E-state index contributed by atoms with van der Waals surface area (Å²) in [6.07, 6.45) is 4.09. The number of rotatable bonds is 3. The number of carbonyl (C=O) groups is 1. The van der Waals surface area contributed by atoms with Crippen LogP contribution in [0, 0.1) is 0 Å². The highest BCUT2D eigenvalue weighted by atomic mass is 16.5. The molecule has 4 heteroatoms. The monoisotopic (exact) mass is 248 g/mol. The molecule has 0 spiro atoms. The summed E-state index contributed by atoms with van der Waals surface area (Å²) >= 11 is 0. The average Bonchev–Trinajstić information content (AvgIpc) is 2.73. The van der Waals surface area contributed by atoms with Gasteiger partial charge >= 0.3 is 5.97 Å². The van der Waals surface area contributed by atoms with E-state index in [4.69, 9.17) is 9.47 Å². The highest BCUT2D eigenvalue weighted by molar-refractivity contribution is 5.87. The van der Waals surface area contributed by atoms with E-state index in [1.54, 1.807) is 13.2 Å². The molecule has 1 atom stereocenters. The molecule has 0 bridgehead atoms. The quantitative estimate of drug-likeness (QED) is 0.607. The largest absolute Gasteiger partial charge is 0.496 e. The summed E-state index contributed by atoms with van der Waals surface area (Å²) in [6, 6.07) is 3.84. The first kappa shape index (κ1) is 12.5. The van der Waals surface area contributed by atoms with E-state index in [1.165, 1.54) is 13.2 Å². The molecule has 1 aromatic carbocycles. The second-order valence-electron chi connectivity index (χ2n) is 4.19. The fourth-order valence-corrected chi connectivity index (χ4v) is 1.99. The predicted octanol–water partition coefficient (Wildman–Crippen LogP) is 2.20. The van der Waals surface area contributed by atoms with Crippen LogP contribution in [0.2, 0.25) is 0 Å². The third kappa shape index (κ3) is 2.47. The topological polar surface area (TPSA) is 44.8 Å². The van der Waals surface area contributed by atoms with Gasteiger partial charge in [-0.2, -0.15) is 0 Å².